The zero-order chi connectivity index (χ0) is 16.1. The molecule has 1 saturated heterocycles. The van der Waals surface area contributed by atoms with E-state index in [0.29, 0.717) is 12.6 Å². The standard InChI is InChI=1S/C18H34N2O2/c1-4-17(21)15-9-16(19-10-14-7-5-6-8-14)12-20(11-15)18(22)13(2)3/h13-17,19,21H,4-12H2,1-3H3. The van der Waals surface area contributed by atoms with Crippen molar-refractivity contribution in [1.82, 2.24) is 10.2 Å². The average Bonchev–Trinajstić information content (AvgIpc) is 3.04. The third-order valence-corrected chi connectivity index (χ3v) is 5.42. The van der Waals surface area contributed by atoms with Crippen molar-refractivity contribution in [1.29, 1.82) is 0 Å². The van der Waals surface area contributed by atoms with Crippen molar-refractivity contribution in [3.63, 3.8) is 0 Å². The zero-order valence-corrected chi connectivity index (χ0v) is 14.6. The Morgan fingerprint density at radius 2 is 1.95 bits per heavy atom. The highest BCUT2D eigenvalue weighted by atomic mass is 16.3. The molecule has 0 spiro atoms. The number of amides is 1. The van der Waals surface area contributed by atoms with Gasteiger partial charge in [-0.2, -0.15) is 0 Å². The summed E-state index contributed by atoms with van der Waals surface area (Å²) in [4.78, 5) is 14.4. The molecule has 3 unspecified atom stereocenters. The maximum absolute atomic E-state index is 12.4. The lowest BCUT2D eigenvalue weighted by Crippen LogP contribution is -2.54. The molecular weight excluding hydrogens is 276 g/mol. The minimum atomic E-state index is -0.293. The highest BCUT2D eigenvalue weighted by molar-refractivity contribution is 5.78. The Morgan fingerprint density at radius 1 is 1.27 bits per heavy atom. The van der Waals surface area contributed by atoms with Crippen LogP contribution in [-0.2, 0) is 4.79 Å². The van der Waals surface area contributed by atoms with Crippen molar-refractivity contribution in [2.24, 2.45) is 17.8 Å². The van der Waals surface area contributed by atoms with Gasteiger partial charge < -0.3 is 15.3 Å². The number of likely N-dealkylation sites (tertiary alicyclic amines) is 1. The van der Waals surface area contributed by atoms with Crippen LogP contribution in [0.4, 0.5) is 0 Å². The van der Waals surface area contributed by atoms with Crippen LogP contribution in [0.2, 0.25) is 0 Å². The molecule has 1 saturated carbocycles. The molecule has 1 amide bonds. The minimum Gasteiger partial charge on any atom is -0.393 e. The number of aliphatic hydroxyl groups is 1. The smallest absolute Gasteiger partial charge is 0.225 e. The van der Waals surface area contributed by atoms with Gasteiger partial charge >= 0.3 is 0 Å². The summed E-state index contributed by atoms with van der Waals surface area (Å²) >= 11 is 0. The van der Waals surface area contributed by atoms with Gasteiger partial charge in [-0.05, 0) is 38.1 Å². The second-order valence-corrected chi connectivity index (χ2v) is 7.62. The van der Waals surface area contributed by atoms with Crippen molar-refractivity contribution in [3.8, 4) is 0 Å². The van der Waals surface area contributed by atoms with E-state index < -0.39 is 0 Å². The molecule has 0 aromatic heterocycles. The molecule has 22 heavy (non-hydrogen) atoms. The quantitative estimate of drug-likeness (QED) is 0.792. The van der Waals surface area contributed by atoms with Gasteiger partial charge in [0.25, 0.3) is 0 Å². The highest BCUT2D eigenvalue weighted by Crippen LogP contribution is 2.26. The number of piperidine rings is 1. The first kappa shape index (κ1) is 17.7. The Bertz CT molecular complexity index is 353. The summed E-state index contributed by atoms with van der Waals surface area (Å²) in [5, 5.41) is 13.9. The van der Waals surface area contributed by atoms with E-state index in [4.69, 9.17) is 0 Å². The first-order valence-electron chi connectivity index (χ1n) is 9.21. The van der Waals surface area contributed by atoms with Crippen LogP contribution in [0.5, 0.6) is 0 Å². The maximum atomic E-state index is 12.4. The van der Waals surface area contributed by atoms with E-state index in [-0.39, 0.29) is 23.8 Å². The lowest BCUT2D eigenvalue weighted by Gasteiger charge is -2.41. The van der Waals surface area contributed by atoms with Crippen molar-refractivity contribution in [2.75, 3.05) is 19.6 Å². The Kier molecular flexibility index (Phi) is 6.69. The van der Waals surface area contributed by atoms with Crippen LogP contribution in [0.15, 0.2) is 0 Å². The molecule has 0 radical (unpaired) electrons. The molecule has 1 heterocycles. The zero-order valence-electron chi connectivity index (χ0n) is 14.6. The molecule has 3 atom stereocenters. The molecule has 2 fully saturated rings. The summed E-state index contributed by atoms with van der Waals surface area (Å²) in [5.41, 5.74) is 0. The summed E-state index contributed by atoms with van der Waals surface area (Å²) in [7, 11) is 0. The van der Waals surface area contributed by atoms with Gasteiger partial charge in [0, 0.05) is 31.0 Å². The van der Waals surface area contributed by atoms with Crippen LogP contribution >= 0.6 is 0 Å². The van der Waals surface area contributed by atoms with E-state index in [1.165, 1.54) is 25.7 Å². The second kappa shape index (κ2) is 8.30. The number of nitrogens with one attached hydrogen (secondary N) is 1. The van der Waals surface area contributed by atoms with Gasteiger partial charge in [-0.3, -0.25) is 4.79 Å². The van der Waals surface area contributed by atoms with Crippen LogP contribution in [0.1, 0.15) is 59.3 Å². The monoisotopic (exact) mass is 310 g/mol. The first-order chi connectivity index (χ1) is 10.5. The Morgan fingerprint density at radius 3 is 2.55 bits per heavy atom. The van der Waals surface area contributed by atoms with E-state index >= 15 is 0 Å². The molecule has 1 aliphatic carbocycles. The average molecular weight is 310 g/mol. The fourth-order valence-electron chi connectivity index (χ4n) is 3.99. The normalized spacial score (nSPS) is 28.3. The fraction of sp³-hybridized carbons (Fsp3) is 0.944. The molecule has 1 aliphatic heterocycles. The Hall–Kier alpha value is -0.610. The molecule has 128 valence electrons. The second-order valence-electron chi connectivity index (χ2n) is 7.62. The van der Waals surface area contributed by atoms with Crippen LogP contribution < -0.4 is 5.32 Å². The topological polar surface area (TPSA) is 52.6 Å². The summed E-state index contributed by atoms with van der Waals surface area (Å²) in [6.07, 6.45) is 6.88. The lowest BCUT2D eigenvalue weighted by atomic mass is 9.87. The van der Waals surface area contributed by atoms with Crippen molar-refractivity contribution >= 4 is 5.91 Å². The number of nitrogens with zero attached hydrogens (tertiary/aromatic N) is 1. The van der Waals surface area contributed by atoms with Crippen LogP contribution in [0, 0.1) is 17.8 Å². The van der Waals surface area contributed by atoms with Gasteiger partial charge in [-0.15, -0.1) is 0 Å². The molecule has 2 rings (SSSR count). The molecule has 0 aromatic rings. The predicted octanol–water partition coefficient (Wildman–Crippen LogP) is 2.41. The molecule has 4 nitrogen and oxygen atoms in total. The van der Waals surface area contributed by atoms with Crippen LogP contribution in [0.25, 0.3) is 0 Å². The molecule has 2 aliphatic rings. The maximum Gasteiger partial charge on any atom is 0.225 e. The van der Waals surface area contributed by atoms with E-state index in [2.05, 4.69) is 5.32 Å². The van der Waals surface area contributed by atoms with Gasteiger partial charge in [0.1, 0.15) is 0 Å². The van der Waals surface area contributed by atoms with Crippen LogP contribution in [-0.4, -0.2) is 47.7 Å². The van der Waals surface area contributed by atoms with Crippen molar-refractivity contribution in [2.45, 2.75) is 71.4 Å². The SMILES string of the molecule is CCC(O)C1CC(NCC2CCCC2)CN(C(=O)C(C)C)C1. The third kappa shape index (κ3) is 4.69. The number of carbonyl (C=O) groups is 1. The van der Waals surface area contributed by atoms with Crippen molar-refractivity contribution < 1.29 is 9.90 Å². The first-order valence-corrected chi connectivity index (χ1v) is 9.21. The summed E-state index contributed by atoms with van der Waals surface area (Å²) in [5.74, 6) is 1.28. The number of hydrogen-bond acceptors (Lipinski definition) is 3. The Labute approximate surface area is 135 Å². The number of hydrogen-bond donors (Lipinski definition) is 2. The van der Waals surface area contributed by atoms with Gasteiger partial charge in [0.05, 0.1) is 6.10 Å². The number of aliphatic hydroxyl groups excluding tert-OH is 1. The molecular formula is C18H34N2O2. The van der Waals surface area contributed by atoms with Gasteiger partial charge in [-0.25, -0.2) is 0 Å². The molecule has 2 N–H and O–H groups in total. The van der Waals surface area contributed by atoms with Gasteiger partial charge in [0.2, 0.25) is 5.91 Å². The van der Waals surface area contributed by atoms with E-state index in [1.807, 2.05) is 25.7 Å². The largest absolute Gasteiger partial charge is 0.393 e. The van der Waals surface area contributed by atoms with E-state index in [9.17, 15) is 9.90 Å². The summed E-state index contributed by atoms with van der Waals surface area (Å²) < 4.78 is 0. The fourth-order valence-corrected chi connectivity index (χ4v) is 3.99. The third-order valence-electron chi connectivity index (χ3n) is 5.42. The summed E-state index contributed by atoms with van der Waals surface area (Å²) in [6, 6.07) is 0.336. The summed E-state index contributed by atoms with van der Waals surface area (Å²) in [6.45, 7) is 8.54. The van der Waals surface area contributed by atoms with Gasteiger partial charge in [0.15, 0.2) is 0 Å². The number of carbonyl (C=O) groups excluding carboxylic acids is 1. The van der Waals surface area contributed by atoms with Gasteiger partial charge in [-0.1, -0.05) is 33.6 Å². The molecule has 4 heteroatoms. The number of rotatable bonds is 6. The van der Waals surface area contributed by atoms with Crippen LogP contribution in [0.3, 0.4) is 0 Å². The van der Waals surface area contributed by atoms with E-state index in [0.717, 1.165) is 31.8 Å². The Balaban J connectivity index is 1.93. The van der Waals surface area contributed by atoms with E-state index in [1.54, 1.807) is 0 Å². The predicted molar refractivity (Wildman–Crippen MR) is 89.6 cm³/mol. The lowest BCUT2D eigenvalue weighted by molar-refractivity contribution is -0.138. The molecule has 0 aromatic carbocycles. The molecule has 0 bridgehead atoms. The van der Waals surface area contributed by atoms with Crippen molar-refractivity contribution in [3.05, 3.63) is 0 Å². The minimum absolute atomic E-state index is 0.0352. The highest BCUT2D eigenvalue weighted by Gasteiger charge is 2.33.